The van der Waals surface area contributed by atoms with Crippen LogP contribution >= 0.6 is 0 Å². The van der Waals surface area contributed by atoms with Crippen molar-refractivity contribution in [1.29, 1.82) is 0 Å². The van der Waals surface area contributed by atoms with Crippen LogP contribution in [0.25, 0.3) is 0 Å². The van der Waals surface area contributed by atoms with Crippen LogP contribution in [0.2, 0.25) is 0 Å². The Balaban J connectivity index is 2.77. The molecule has 1 unspecified atom stereocenters. The molecule has 1 rings (SSSR count). The van der Waals surface area contributed by atoms with E-state index in [4.69, 9.17) is 6.42 Å². The number of hydrogen-bond acceptors (Lipinski definition) is 2. The maximum atomic E-state index is 10.1. The van der Waals surface area contributed by atoms with Crippen molar-refractivity contribution in [1.82, 2.24) is 5.32 Å². The zero-order chi connectivity index (χ0) is 6.69. The summed E-state index contributed by atoms with van der Waals surface area (Å²) in [6.07, 6.45) is 5.84. The summed E-state index contributed by atoms with van der Waals surface area (Å²) in [4.78, 5) is 10.1. The lowest BCUT2D eigenvalue weighted by Gasteiger charge is -1.96. The standard InChI is InChI=1S/C7H7NO/c1-2-7-6(5-9)3-4-8-7/h1,7-8H,3-4H2. The van der Waals surface area contributed by atoms with Gasteiger partial charge in [0.2, 0.25) is 0 Å². The highest BCUT2D eigenvalue weighted by Gasteiger charge is 2.17. The third-order valence-electron chi connectivity index (χ3n) is 1.39. The molecule has 1 aliphatic rings. The third-order valence-corrected chi connectivity index (χ3v) is 1.39. The highest BCUT2D eigenvalue weighted by molar-refractivity contribution is 5.57. The summed E-state index contributed by atoms with van der Waals surface area (Å²) in [5.41, 5.74) is 0.678. The van der Waals surface area contributed by atoms with Crippen LogP contribution in [-0.2, 0) is 4.79 Å². The first-order chi connectivity index (χ1) is 4.38. The lowest BCUT2D eigenvalue weighted by atomic mass is 10.1. The Labute approximate surface area is 53.9 Å². The van der Waals surface area contributed by atoms with E-state index in [1.165, 1.54) is 0 Å². The van der Waals surface area contributed by atoms with Crippen LogP contribution in [0.5, 0.6) is 0 Å². The molecule has 1 aliphatic heterocycles. The quantitative estimate of drug-likeness (QED) is 0.353. The SMILES string of the molecule is C#CC1NCCC1=C=O. The zero-order valence-electron chi connectivity index (χ0n) is 4.98. The van der Waals surface area contributed by atoms with Crippen LogP contribution in [-0.4, -0.2) is 18.5 Å². The van der Waals surface area contributed by atoms with E-state index in [2.05, 4.69) is 11.2 Å². The van der Waals surface area contributed by atoms with Crippen LogP contribution < -0.4 is 5.32 Å². The minimum Gasteiger partial charge on any atom is -0.299 e. The van der Waals surface area contributed by atoms with E-state index in [9.17, 15) is 4.79 Å². The second kappa shape index (κ2) is 2.50. The van der Waals surface area contributed by atoms with Crippen LogP contribution in [0.15, 0.2) is 5.57 Å². The minimum absolute atomic E-state index is 0.150. The molecule has 2 heteroatoms. The van der Waals surface area contributed by atoms with Crippen molar-refractivity contribution in [3.8, 4) is 12.3 Å². The van der Waals surface area contributed by atoms with E-state index in [-0.39, 0.29) is 6.04 Å². The first-order valence-corrected chi connectivity index (χ1v) is 2.82. The Kier molecular flexibility index (Phi) is 1.69. The average Bonchev–Trinajstić information content (AvgIpc) is 2.33. The van der Waals surface area contributed by atoms with Gasteiger partial charge in [-0.3, -0.25) is 5.32 Å². The van der Waals surface area contributed by atoms with Gasteiger partial charge in [-0.1, -0.05) is 5.92 Å². The maximum Gasteiger partial charge on any atom is 0.126 e. The number of hydrogen-bond donors (Lipinski definition) is 1. The number of carbonyl (C=O) groups excluding carboxylic acids is 1. The molecule has 0 spiro atoms. The van der Waals surface area contributed by atoms with Gasteiger partial charge in [-0.15, -0.1) is 6.42 Å². The van der Waals surface area contributed by atoms with Crippen LogP contribution in [0.4, 0.5) is 0 Å². The average molecular weight is 121 g/mol. The molecule has 2 nitrogen and oxygen atoms in total. The molecule has 0 aliphatic carbocycles. The minimum atomic E-state index is -0.150. The summed E-state index contributed by atoms with van der Waals surface area (Å²) in [6, 6.07) is -0.150. The van der Waals surface area contributed by atoms with Gasteiger partial charge in [0.25, 0.3) is 0 Å². The summed E-state index contributed by atoms with van der Waals surface area (Å²) >= 11 is 0. The lowest BCUT2D eigenvalue weighted by Crippen LogP contribution is -2.20. The van der Waals surface area contributed by atoms with Crippen LogP contribution in [0.3, 0.4) is 0 Å². The van der Waals surface area contributed by atoms with Crippen LogP contribution in [0, 0.1) is 12.3 Å². The monoisotopic (exact) mass is 121 g/mol. The van der Waals surface area contributed by atoms with Crippen molar-refractivity contribution in [3.63, 3.8) is 0 Å². The second-order valence-electron chi connectivity index (χ2n) is 1.93. The van der Waals surface area contributed by atoms with E-state index in [0.29, 0.717) is 5.57 Å². The predicted molar refractivity (Wildman–Crippen MR) is 34.4 cm³/mol. The Hall–Kier alpha value is -1.03. The van der Waals surface area contributed by atoms with Gasteiger partial charge in [0.1, 0.15) is 12.0 Å². The van der Waals surface area contributed by atoms with E-state index in [1.54, 1.807) is 0 Å². The van der Waals surface area contributed by atoms with Crippen molar-refractivity contribution in [2.45, 2.75) is 12.5 Å². The molecular weight excluding hydrogens is 114 g/mol. The molecule has 1 heterocycles. The molecule has 0 radical (unpaired) electrons. The lowest BCUT2D eigenvalue weighted by molar-refractivity contribution is 0.566. The molecule has 9 heavy (non-hydrogen) atoms. The summed E-state index contributed by atoms with van der Waals surface area (Å²) in [7, 11) is 0. The van der Waals surface area contributed by atoms with Gasteiger partial charge in [-0.2, -0.15) is 0 Å². The molecular formula is C7H7NO. The molecule has 0 aromatic rings. The van der Waals surface area contributed by atoms with Gasteiger partial charge < -0.3 is 0 Å². The van der Waals surface area contributed by atoms with Crippen molar-refractivity contribution < 1.29 is 4.79 Å². The fourth-order valence-corrected chi connectivity index (χ4v) is 0.888. The molecule has 1 fully saturated rings. The molecule has 1 saturated heterocycles. The molecule has 0 aromatic heterocycles. The first-order valence-electron chi connectivity index (χ1n) is 2.82. The number of terminal acetylenes is 1. The van der Waals surface area contributed by atoms with Gasteiger partial charge in [-0.25, -0.2) is 4.79 Å². The molecule has 0 aromatic carbocycles. The fraction of sp³-hybridized carbons (Fsp3) is 0.429. The Bertz CT molecular complexity index is 195. The summed E-state index contributed by atoms with van der Waals surface area (Å²) in [6.45, 7) is 0.805. The van der Waals surface area contributed by atoms with Crippen LogP contribution in [0.1, 0.15) is 6.42 Å². The molecule has 1 N–H and O–H groups in total. The van der Waals surface area contributed by atoms with Crippen molar-refractivity contribution in [2.24, 2.45) is 0 Å². The van der Waals surface area contributed by atoms with Crippen molar-refractivity contribution >= 4 is 5.94 Å². The number of rotatable bonds is 0. The van der Waals surface area contributed by atoms with Crippen molar-refractivity contribution in [2.75, 3.05) is 6.54 Å². The molecule has 0 saturated carbocycles. The van der Waals surface area contributed by atoms with Gasteiger partial charge >= 0.3 is 0 Å². The van der Waals surface area contributed by atoms with E-state index < -0.39 is 0 Å². The Morgan fingerprint density at radius 3 is 3.00 bits per heavy atom. The highest BCUT2D eigenvalue weighted by Crippen LogP contribution is 2.08. The fourth-order valence-electron chi connectivity index (χ4n) is 0.888. The largest absolute Gasteiger partial charge is 0.299 e. The van der Waals surface area contributed by atoms with E-state index in [1.807, 2.05) is 5.94 Å². The van der Waals surface area contributed by atoms with Gasteiger partial charge in [0, 0.05) is 12.1 Å². The van der Waals surface area contributed by atoms with Gasteiger partial charge in [0.05, 0.1) is 0 Å². The van der Waals surface area contributed by atoms with E-state index in [0.717, 1.165) is 13.0 Å². The van der Waals surface area contributed by atoms with Gasteiger partial charge in [-0.05, 0) is 6.42 Å². The highest BCUT2D eigenvalue weighted by atomic mass is 16.1. The molecule has 46 valence electrons. The van der Waals surface area contributed by atoms with Crippen molar-refractivity contribution in [3.05, 3.63) is 5.57 Å². The summed E-state index contributed by atoms with van der Waals surface area (Å²) in [5.74, 6) is 4.28. The second-order valence-corrected chi connectivity index (χ2v) is 1.93. The molecule has 0 amide bonds. The number of nitrogens with one attached hydrogen (secondary N) is 1. The normalized spacial score (nSPS) is 25.2. The summed E-state index contributed by atoms with van der Waals surface area (Å²) in [5, 5.41) is 2.97. The zero-order valence-corrected chi connectivity index (χ0v) is 4.98. The smallest absolute Gasteiger partial charge is 0.126 e. The van der Waals surface area contributed by atoms with E-state index >= 15 is 0 Å². The third kappa shape index (κ3) is 1.02. The Morgan fingerprint density at radius 1 is 1.78 bits per heavy atom. The Morgan fingerprint density at radius 2 is 2.56 bits per heavy atom. The summed E-state index contributed by atoms with van der Waals surface area (Å²) < 4.78 is 0. The maximum absolute atomic E-state index is 10.1. The van der Waals surface area contributed by atoms with Gasteiger partial charge in [0.15, 0.2) is 0 Å². The molecule has 0 bridgehead atoms. The predicted octanol–water partition coefficient (Wildman–Crippen LogP) is -0.261. The molecule has 1 atom stereocenters. The first kappa shape index (κ1) is 6.10. The topological polar surface area (TPSA) is 29.1 Å².